The molecule has 0 radical (unpaired) electrons. The Morgan fingerprint density at radius 2 is 1.78 bits per heavy atom. The van der Waals surface area contributed by atoms with E-state index in [-0.39, 0.29) is 22.7 Å². The van der Waals surface area contributed by atoms with Crippen LogP contribution in [0.25, 0.3) is 0 Å². The largest absolute Gasteiger partial charge is 0.467 e. The first kappa shape index (κ1) is 20.8. The van der Waals surface area contributed by atoms with Crippen LogP contribution in [-0.2, 0) is 15.7 Å². The van der Waals surface area contributed by atoms with Gasteiger partial charge in [0.15, 0.2) is 0 Å². The summed E-state index contributed by atoms with van der Waals surface area (Å²) in [6.07, 6.45) is -4.51. The van der Waals surface area contributed by atoms with Crippen LogP contribution in [0.2, 0.25) is 5.02 Å². The van der Waals surface area contributed by atoms with Gasteiger partial charge in [-0.25, -0.2) is 4.79 Å². The van der Waals surface area contributed by atoms with E-state index in [9.17, 15) is 22.8 Å². The van der Waals surface area contributed by atoms with Gasteiger partial charge in [0.1, 0.15) is 6.04 Å². The molecule has 0 aliphatic rings. The highest BCUT2D eigenvalue weighted by Gasteiger charge is 2.36. The van der Waals surface area contributed by atoms with Crippen LogP contribution in [-0.4, -0.2) is 25.0 Å². The van der Waals surface area contributed by atoms with Crippen molar-refractivity contribution < 1.29 is 27.5 Å². The van der Waals surface area contributed by atoms with Gasteiger partial charge in [0.2, 0.25) is 0 Å². The quantitative estimate of drug-likeness (QED) is 0.668. The molecule has 0 aromatic heterocycles. The van der Waals surface area contributed by atoms with E-state index in [1.807, 2.05) is 0 Å². The zero-order valence-corrected chi connectivity index (χ0v) is 15.3. The molecular weight excluding hydrogens is 383 g/mol. The Bertz CT molecular complexity index is 825. The first-order valence-corrected chi connectivity index (χ1v) is 8.41. The first-order chi connectivity index (χ1) is 12.7. The number of rotatable bonds is 5. The predicted molar refractivity (Wildman–Crippen MR) is 95.8 cm³/mol. The maximum Gasteiger partial charge on any atom is 0.416 e. The molecule has 0 aliphatic carbocycles. The lowest BCUT2D eigenvalue weighted by Crippen LogP contribution is -2.46. The van der Waals surface area contributed by atoms with Gasteiger partial charge in [-0.3, -0.25) is 9.69 Å². The second-order valence-electron chi connectivity index (χ2n) is 5.65. The van der Waals surface area contributed by atoms with E-state index in [1.54, 1.807) is 25.1 Å². The second kappa shape index (κ2) is 8.43. The summed E-state index contributed by atoms with van der Waals surface area (Å²) in [5, 5.41) is -0.0883. The minimum Gasteiger partial charge on any atom is -0.467 e. The molecule has 4 nitrogen and oxygen atoms in total. The van der Waals surface area contributed by atoms with Crippen LogP contribution in [0.5, 0.6) is 0 Å². The number of carbonyl (C=O) groups is 2. The molecule has 2 aromatic rings. The van der Waals surface area contributed by atoms with Gasteiger partial charge in [-0.1, -0.05) is 36.7 Å². The summed E-state index contributed by atoms with van der Waals surface area (Å²) in [7, 11) is 1.14. The third-order valence-corrected chi connectivity index (χ3v) is 4.26. The molecule has 0 heterocycles. The SMILES string of the molecule is CCC(C(=O)OC)N(C(=O)c1ccccc1)c1cc(C(F)(F)F)ccc1Cl. The second-order valence-corrected chi connectivity index (χ2v) is 6.06. The molecule has 0 bridgehead atoms. The number of halogens is 4. The Labute approximate surface area is 159 Å². The van der Waals surface area contributed by atoms with E-state index in [1.165, 1.54) is 12.1 Å². The van der Waals surface area contributed by atoms with Crippen LogP contribution in [0.3, 0.4) is 0 Å². The minimum atomic E-state index is -4.63. The fourth-order valence-corrected chi connectivity index (χ4v) is 2.81. The zero-order valence-electron chi connectivity index (χ0n) is 14.6. The Morgan fingerprint density at radius 3 is 2.30 bits per heavy atom. The molecule has 2 rings (SSSR count). The fraction of sp³-hybridized carbons (Fsp3) is 0.263. The van der Waals surface area contributed by atoms with Crippen molar-refractivity contribution in [2.75, 3.05) is 12.0 Å². The summed E-state index contributed by atoms with van der Waals surface area (Å²) >= 11 is 6.11. The number of alkyl halides is 3. The maximum atomic E-state index is 13.2. The average molecular weight is 400 g/mol. The third-order valence-electron chi connectivity index (χ3n) is 3.94. The lowest BCUT2D eigenvalue weighted by atomic mass is 10.1. The molecule has 1 amide bonds. The first-order valence-electron chi connectivity index (χ1n) is 8.03. The van der Waals surface area contributed by atoms with Gasteiger partial charge in [0.05, 0.1) is 23.4 Å². The summed E-state index contributed by atoms with van der Waals surface area (Å²) in [6, 6.07) is 9.40. The molecule has 27 heavy (non-hydrogen) atoms. The third kappa shape index (κ3) is 4.60. The molecule has 0 aliphatic heterocycles. The molecule has 1 unspecified atom stereocenters. The van der Waals surface area contributed by atoms with Crippen molar-refractivity contribution in [1.29, 1.82) is 0 Å². The van der Waals surface area contributed by atoms with Gasteiger partial charge < -0.3 is 4.74 Å². The van der Waals surface area contributed by atoms with E-state index in [0.29, 0.717) is 0 Å². The normalized spacial score (nSPS) is 12.4. The molecule has 0 saturated carbocycles. The van der Waals surface area contributed by atoms with Crippen molar-refractivity contribution in [1.82, 2.24) is 0 Å². The Balaban J connectivity index is 2.66. The summed E-state index contributed by atoms with van der Waals surface area (Å²) in [6.45, 7) is 1.62. The summed E-state index contributed by atoms with van der Waals surface area (Å²) in [5.74, 6) is -1.41. The summed E-state index contributed by atoms with van der Waals surface area (Å²) in [4.78, 5) is 26.2. The Morgan fingerprint density at radius 1 is 1.15 bits per heavy atom. The lowest BCUT2D eigenvalue weighted by molar-refractivity contribution is -0.142. The van der Waals surface area contributed by atoms with Crippen molar-refractivity contribution >= 4 is 29.2 Å². The van der Waals surface area contributed by atoms with Crippen molar-refractivity contribution in [3.63, 3.8) is 0 Å². The highest BCUT2D eigenvalue weighted by Crippen LogP contribution is 2.37. The highest BCUT2D eigenvalue weighted by molar-refractivity contribution is 6.34. The topological polar surface area (TPSA) is 46.6 Å². The van der Waals surface area contributed by atoms with Crippen molar-refractivity contribution in [3.05, 3.63) is 64.7 Å². The number of hydrogen-bond donors (Lipinski definition) is 0. The molecule has 0 saturated heterocycles. The van der Waals surface area contributed by atoms with E-state index in [2.05, 4.69) is 0 Å². The number of benzene rings is 2. The van der Waals surface area contributed by atoms with Gasteiger partial charge in [0.25, 0.3) is 5.91 Å². The van der Waals surface area contributed by atoms with Gasteiger partial charge in [0, 0.05) is 5.56 Å². The standard InChI is InChI=1S/C19H17ClF3NO3/c1-3-15(18(26)27-2)24(17(25)12-7-5-4-6-8-12)16-11-13(19(21,22)23)9-10-14(16)20/h4-11,15H,3H2,1-2H3. The number of anilines is 1. The smallest absolute Gasteiger partial charge is 0.416 e. The monoisotopic (exact) mass is 399 g/mol. The number of ether oxygens (including phenoxy) is 1. The molecule has 0 fully saturated rings. The van der Waals surface area contributed by atoms with Crippen LogP contribution >= 0.6 is 11.6 Å². The number of esters is 1. The van der Waals surface area contributed by atoms with Gasteiger partial charge in [-0.05, 0) is 36.8 Å². The molecule has 1 atom stereocenters. The van der Waals surface area contributed by atoms with E-state index in [4.69, 9.17) is 16.3 Å². The number of amides is 1. The molecule has 8 heteroatoms. The van der Waals surface area contributed by atoms with Crippen LogP contribution in [0.15, 0.2) is 48.5 Å². The molecule has 0 N–H and O–H groups in total. The fourth-order valence-electron chi connectivity index (χ4n) is 2.60. The zero-order chi connectivity index (χ0) is 20.2. The molecule has 144 valence electrons. The van der Waals surface area contributed by atoms with Gasteiger partial charge >= 0.3 is 12.1 Å². The lowest BCUT2D eigenvalue weighted by Gasteiger charge is -2.30. The molecular formula is C19H17ClF3NO3. The van der Waals surface area contributed by atoms with E-state index in [0.717, 1.165) is 30.2 Å². The van der Waals surface area contributed by atoms with E-state index < -0.39 is 29.7 Å². The highest BCUT2D eigenvalue weighted by atomic mass is 35.5. The average Bonchev–Trinajstić information content (AvgIpc) is 2.65. The summed E-state index contributed by atoms with van der Waals surface area (Å²) < 4.78 is 44.2. The number of hydrogen-bond acceptors (Lipinski definition) is 3. The van der Waals surface area contributed by atoms with Crippen molar-refractivity contribution in [2.24, 2.45) is 0 Å². The number of nitrogens with zero attached hydrogens (tertiary/aromatic N) is 1. The minimum absolute atomic E-state index is 0.0883. The van der Waals surface area contributed by atoms with Crippen molar-refractivity contribution in [3.8, 4) is 0 Å². The van der Waals surface area contributed by atoms with Gasteiger partial charge in [-0.15, -0.1) is 0 Å². The molecule has 0 spiro atoms. The van der Waals surface area contributed by atoms with Crippen LogP contribution in [0.1, 0.15) is 29.3 Å². The number of methoxy groups -OCH3 is 1. The van der Waals surface area contributed by atoms with E-state index >= 15 is 0 Å². The Hall–Kier alpha value is -2.54. The van der Waals surface area contributed by atoms with Crippen LogP contribution in [0, 0.1) is 0 Å². The number of carbonyl (C=O) groups excluding carboxylic acids is 2. The maximum absolute atomic E-state index is 13.2. The Kier molecular flexibility index (Phi) is 6.49. The van der Waals surface area contributed by atoms with Crippen LogP contribution < -0.4 is 4.90 Å². The van der Waals surface area contributed by atoms with Crippen LogP contribution in [0.4, 0.5) is 18.9 Å². The van der Waals surface area contributed by atoms with Crippen molar-refractivity contribution in [2.45, 2.75) is 25.6 Å². The van der Waals surface area contributed by atoms with Gasteiger partial charge in [-0.2, -0.15) is 13.2 Å². The molecule has 2 aromatic carbocycles. The summed E-state index contributed by atoms with van der Waals surface area (Å²) in [5.41, 5.74) is -0.988. The predicted octanol–water partition coefficient (Wildman–Crippen LogP) is 4.96.